The summed E-state index contributed by atoms with van der Waals surface area (Å²) in [6.07, 6.45) is -3.18. The molecule has 0 N–H and O–H groups in total. The van der Waals surface area contributed by atoms with Crippen molar-refractivity contribution in [2.75, 3.05) is 0 Å². The standard InChI is InChI=1S/C41H32F3N2O2.C13H12N.Ir/c1-22(2)31-19-25(38-24(5)27-11-6-9-16-35(27)47-38)20-32(23(3)4)37(31)46-34-15-8-7-14-33(34)45-40(46)30-13-10-12-29-28-18-17-26(41(42,43)44)21-36(28)48-39(29)30;1-10-3-6-12(7-4-10)13-8-5-11(2)9-14-13;/h6-12,14-23H,1-5H3;3-6,8-9H,1-2H3;/q2*-1;/i;1D3,2D3;. The van der Waals surface area contributed by atoms with Gasteiger partial charge in [-0.2, -0.15) is 13.2 Å². The first-order chi connectivity index (χ1) is 32.2. The maximum Gasteiger partial charge on any atom is 0.416 e. The zero-order chi connectivity index (χ0) is 48.4. The average molecular weight is 1020 g/mol. The minimum Gasteiger partial charge on any atom is -0.501 e. The van der Waals surface area contributed by atoms with Crippen molar-refractivity contribution in [3.8, 4) is 39.7 Å². The number of furan rings is 2. The minimum absolute atomic E-state index is 0. The molecule has 10 rings (SSSR count). The van der Waals surface area contributed by atoms with E-state index in [-0.39, 0.29) is 48.7 Å². The Morgan fingerprint density at radius 3 is 2.13 bits per heavy atom. The summed E-state index contributed by atoms with van der Waals surface area (Å²) >= 11 is 0. The second-order valence-electron chi connectivity index (χ2n) is 16.0. The summed E-state index contributed by atoms with van der Waals surface area (Å²) in [4.78, 5) is 9.21. The molecule has 319 valence electrons. The van der Waals surface area contributed by atoms with Crippen LogP contribution in [0.25, 0.3) is 83.6 Å². The van der Waals surface area contributed by atoms with Gasteiger partial charge in [-0.05, 0) is 90.5 Å². The first-order valence-electron chi connectivity index (χ1n) is 23.3. The van der Waals surface area contributed by atoms with Gasteiger partial charge in [0.1, 0.15) is 16.9 Å². The van der Waals surface area contributed by atoms with Crippen molar-refractivity contribution in [2.45, 2.75) is 66.3 Å². The summed E-state index contributed by atoms with van der Waals surface area (Å²) < 4.78 is 99.4. The van der Waals surface area contributed by atoms with Gasteiger partial charge in [-0.15, -0.1) is 53.6 Å². The number of imidazole rings is 1. The molecule has 4 aromatic heterocycles. The summed E-state index contributed by atoms with van der Waals surface area (Å²) in [5.74, 6) is 1.71. The van der Waals surface area contributed by atoms with Crippen LogP contribution < -0.4 is 0 Å². The molecule has 6 aromatic carbocycles. The molecule has 1 radical (unpaired) electrons. The molecule has 0 aliphatic heterocycles. The number of rotatable bonds is 6. The van der Waals surface area contributed by atoms with Crippen LogP contribution in [0.4, 0.5) is 13.2 Å². The molecule has 0 saturated carbocycles. The number of aryl methyl sites for hydroxylation is 3. The second kappa shape index (κ2) is 17.1. The monoisotopic (exact) mass is 1020 g/mol. The van der Waals surface area contributed by atoms with Crippen LogP contribution in [-0.2, 0) is 26.3 Å². The molecule has 0 atom stereocenters. The van der Waals surface area contributed by atoms with Crippen LogP contribution in [0.2, 0.25) is 0 Å². The van der Waals surface area contributed by atoms with E-state index in [9.17, 15) is 13.2 Å². The van der Waals surface area contributed by atoms with Gasteiger partial charge in [0.05, 0.1) is 28.0 Å². The maximum atomic E-state index is 13.6. The Hall–Kier alpha value is -6.28. The molecule has 9 heteroatoms. The number of nitrogens with zero attached hydrogens (tertiary/aromatic N) is 3. The normalized spacial score (nSPS) is 13.6. The van der Waals surface area contributed by atoms with Crippen LogP contribution in [0.1, 0.15) is 81.1 Å². The van der Waals surface area contributed by atoms with Crippen molar-refractivity contribution in [1.29, 1.82) is 0 Å². The molecule has 0 spiro atoms. The van der Waals surface area contributed by atoms with Crippen LogP contribution in [0, 0.1) is 32.8 Å². The van der Waals surface area contributed by atoms with Gasteiger partial charge < -0.3 is 18.4 Å². The fraction of sp³-hybridized carbons (Fsp3) is 0.185. The van der Waals surface area contributed by atoms with Crippen molar-refractivity contribution in [3.05, 3.63) is 173 Å². The number of aromatic nitrogens is 3. The fourth-order valence-corrected chi connectivity index (χ4v) is 8.04. The Labute approximate surface area is 386 Å². The van der Waals surface area contributed by atoms with Crippen molar-refractivity contribution in [1.82, 2.24) is 14.5 Å². The third-order valence-electron chi connectivity index (χ3n) is 11.1. The van der Waals surface area contributed by atoms with Gasteiger partial charge in [-0.3, -0.25) is 4.98 Å². The average Bonchev–Trinajstić information content (AvgIpc) is 3.99. The van der Waals surface area contributed by atoms with Gasteiger partial charge >= 0.3 is 6.18 Å². The number of hydrogen-bond donors (Lipinski definition) is 0. The van der Waals surface area contributed by atoms with Crippen LogP contribution in [0.5, 0.6) is 0 Å². The van der Waals surface area contributed by atoms with E-state index < -0.39 is 25.4 Å². The van der Waals surface area contributed by atoms with Crippen molar-refractivity contribution in [2.24, 2.45) is 0 Å². The predicted molar refractivity (Wildman–Crippen MR) is 244 cm³/mol. The first kappa shape index (κ1) is 36.2. The number of alkyl halides is 3. The molecular weight excluding hydrogens is 972 g/mol. The number of benzene rings is 6. The molecule has 0 fully saturated rings. The Kier molecular flexibility index (Phi) is 9.84. The van der Waals surface area contributed by atoms with Crippen LogP contribution in [0.3, 0.4) is 0 Å². The molecule has 63 heavy (non-hydrogen) atoms. The number of halogens is 3. The van der Waals surface area contributed by atoms with Gasteiger partial charge in [0.25, 0.3) is 0 Å². The predicted octanol–water partition coefficient (Wildman–Crippen LogP) is 15.5. The van der Waals surface area contributed by atoms with E-state index in [4.69, 9.17) is 22.0 Å². The van der Waals surface area contributed by atoms with E-state index >= 15 is 0 Å². The first-order valence-corrected chi connectivity index (χ1v) is 20.3. The van der Waals surface area contributed by atoms with Crippen LogP contribution >= 0.6 is 0 Å². The largest absolute Gasteiger partial charge is 0.501 e. The molecular formula is C54H44F3IrN3O2-2. The van der Waals surface area contributed by atoms with E-state index in [0.717, 1.165) is 67.8 Å². The third-order valence-corrected chi connectivity index (χ3v) is 11.1. The van der Waals surface area contributed by atoms with E-state index in [0.29, 0.717) is 39.0 Å². The molecule has 0 aliphatic rings. The molecule has 0 amide bonds. The van der Waals surface area contributed by atoms with E-state index in [1.165, 1.54) is 30.5 Å². The third kappa shape index (κ3) is 8.12. The zero-order valence-corrected chi connectivity index (χ0v) is 37.3. The minimum atomic E-state index is -4.48. The summed E-state index contributed by atoms with van der Waals surface area (Å²) in [7, 11) is 0. The van der Waals surface area contributed by atoms with Crippen molar-refractivity contribution in [3.63, 3.8) is 0 Å². The number of hydrogen-bond acceptors (Lipinski definition) is 4. The molecule has 0 aliphatic carbocycles. The van der Waals surface area contributed by atoms with Crippen LogP contribution in [-0.4, -0.2) is 14.5 Å². The summed E-state index contributed by atoms with van der Waals surface area (Å²) in [6.45, 7) is 6.49. The maximum absolute atomic E-state index is 13.6. The molecule has 5 nitrogen and oxygen atoms in total. The quantitative estimate of drug-likeness (QED) is 0.156. The van der Waals surface area contributed by atoms with E-state index in [2.05, 4.69) is 74.5 Å². The van der Waals surface area contributed by atoms with E-state index in [1.807, 2.05) is 48.5 Å². The van der Waals surface area contributed by atoms with Crippen molar-refractivity contribution >= 4 is 43.9 Å². The Balaban J connectivity index is 0.000000257. The molecule has 10 aromatic rings. The van der Waals surface area contributed by atoms with Gasteiger partial charge in [0.15, 0.2) is 0 Å². The van der Waals surface area contributed by atoms with Gasteiger partial charge in [0.2, 0.25) is 0 Å². The zero-order valence-electron chi connectivity index (χ0n) is 40.9. The Morgan fingerprint density at radius 1 is 0.730 bits per heavy atom. The Morgan fingerprint density at radius 2 is 1.46 bits per heavy atom. The molecule has 0 unspecified atom stereocenters. The van der Waals surface area contributed by atoms with Gasteiger partial charge in [-0.25, -0.2) is 0 Å². The topological polar surface area (TPSA) is 57.0 Å². The number of fused-ring (bicyclic) bond motifs is 5. The Bertz CT molecular complexity index is 3410. The fourth-order valence-electron chi connectivity index (χ4n) is 8.04. The van der Waals surface area contributed by atoms with Crippen LogP contribution in [0.15, 0.2) is 136 Å². The van der Waals surface area contributed by atoms with Crippen molar-refractivity contribution < 1.29 is 50.3 Å². The summed E-state index contributed by atoms with van der Waals surface area (Å²) in [5.41, 5.74) is 9.88. The van der Waals surface area contributed by atoms with E-state index in [1.54, 1.807) is 18.2 Å². The molecule has 4 heterocycles. The second-order valence-corrected chi connectivity index (χ2v) is 16.0. The molecule has 0 bridgehead atoms. The number of pyridine rings is 1. The molecule has 0 saturated heterocycles. The summed E-state index contributed by atoms with van der Waals surface area (Å²) in [5, 5.41) is 2.40. The van der Waals surface area contributed by atoms with Gasteiger partial charge in [-0.1, -0.05) is 94.0 Å². The smallest absolute Gasteiger partial charge is 0.416 e. The SMILES string of the molecule is Cc1c(-c2cc(C(C)C)c(-n3c(-c4[c-]ccc5c4oc4cc(C(F)(F)F)ccc45)nc4ccccc43)c(C(C)C)c2)oc2ccccc12.[2H]C([2H])([2H])c1c[c-]c(-c2ccc(C([2H])([2H])[2H])cn2)cc1.[Ir]. The van der Waals surface area contributed by atoms with Gasteiger partial charge in [0, 0.05) is 62.1 Å². The number of para-hydroxylation sites is 3. The summed E-state index contributed by atoms with van der Waals surface area (Å²) in [6, 6.07) is 41.5.